The molecule has 0 spiro atoms. The molecular formula is C24H29FO4. The van der Waals surface area contributed by atoms with E-state index in [0.717, 1.165) is 25.7 Å². The van der Waals surface area contributed by atoms with Gasteiger partial charge in [-0.3, -0.25) is 9.59 Å². The van der Waals surface area contributed by atoms with Crippen molar-refractivity contribution >= 4 is 11.8 Å². The number of unbranched alkanes of at least 4 members (excludes halogenated alkanes) is 3. The van der Waals surface area contributed by atoms with Gasteiger partial charge in [0.25, 0.3) is 0 Å². The van der Waals surface area contributed by atoms with Gasteiger partial charge in [0.2, 0.25) is 0 Å². The molecule has 0 saturated heterocycles. The first kappa shape index (κ1) is 22.8. The molecule has 0 fully saturated rings. The molecule has 1 unspecified atom stereocenters. The van der Waals surface area contributed by atoms with Gasteiger partial charge in [0.15, 0.2) is 5.78 Å². The van der Waals surface area contributed by atoms with Crippen LogP contribution >= 0.6 is 0 Å². The minimum Gasteiger partial charge on any atom is -0.481 e. The third-order valence-corrected chi connectivity index (χ3v) is 5.35. The van der Waals surface area contributed by atoms with Gasteiger partial charge in [0.05, 0.1) is 5.56 Å². The third-order valence-electron chi connectivity index (χ3n) is 5.35. The van der Waals surface area contributed by atoms with Crippen LogP contribution in [-0.4, -0.2) is 27.6 Å². The summed E-state index contributed by atoms with van der Waals surface area (Å²) in [6.45, 7) is 1.61. The number of hydrogen-bond acceptors (Lipinski definition) is 3. The zero-order valence-electron chi connectivity index (χ0n) is 16.9. The molecule has 1 aromatic rings. The zero-order valence-corrected chi connectivity index (χ0v) is 16.9. The number of aliphatic hydroxyl groups is 1. The smallest absolute Gasteiger partial charge is 0.303 e. The molecule has 2 N–H and O–H groups in total. The van der Waals surface area contributed by atoms with E-state index in [2.05, 4.69) is 11.8 Å². The standard InChI is InChI=1S/C24H29FO4/c1-24(29,17-15-19-8-6-7-10-21(19)25)16-14-18-12-13-22(26)20(18)9-4-2-3-5-11-23(27)28/h6-8,10,12-13,18,20,29H,2-5,9,11,14,16H2,1H3,(H,27,28)/t18-,20-,24?/m1/s1. The Morgan fingerprint density at radius 2 is 1.90 bits per heavy atom. The van der Waals surface area contributed by atoms with Gasteiger partial charge in [-0.15, -0.1) is 0 Å². The van der Waals surface area contributed by atoms with Crippen molar-refractivity contribution in [2.45, 2.75) is 63.9 Å². The van der Waals surface area contributed by atoms with Gasteiger partial charge in [-0.1, -0.05) is 49.3 Å². The SMILES string of the molecule is CC(O)(C#Cc1ccccc1F)CC[C@H]1C=CC(=O)[C@@H]1CCCCCCC(=O)O. The predicted molar refractivity (Wildman–Crippen MR) is 110 cm³/mol. The number of carbonyl (C=O) groups is 2. The first-order chi connectivity index (χ1) is 13.8. The first-order valence-corrected chi connectivity index (χ1v) is 10.2. The fourth-order valence-corrected chi connectivity index (χ4v) is 3.61. The lowest BCUT2D eigenvalue weighted by Crippen LogP contribution is -2.24. The number of hydrogen-bond donors (Lipinski definition) is 2. The Hall–Kier alpha value is -2.45. The fourth-order valence-electron chi connectivity index (χ4n) is 3.61. The van der Waals surface area contributed by atoms with Crippen molar-refractivity contribution < 1.29 is 24.2 Å². The molecule has 29 heavy (non-hydrogen) atoms. The average molecular weight is 400 g/mol. The van der Waals surface area contributed by atoms with Crippen molar-refractivity contribution in [3.63, 3.8) is 0 Å². The molecule has 5 heteroatoms. The molecular weight excluding hydrogens is 371 g/mol. The van der Waals surface area contributed by atoms with Crippen molar-refractivity contribution in [1.29, 1.82) is 0 Å². The monoisotopic (exact) mass is 400 g/mol. The maximum atomic E-state index is 13.7. The van der Waals surface area contributed by atoms with Gasteiger partial charge in [0.1, 0.15) is 11.4 Å². The van der Waals surface area contributed by atoms with E-state index in [4.69, 9.17) is 5.11 Å². The van der Waals surface area contributed by atoms with Crippen LogP contribution in [0.25, 0.3) is 0 Å². The summed E-state index contributed by atoms with van der Waals surface area (Å²) >= 11 is 0. The van der Waals surface area contributed by atoms with Gasteiger partial charge >= 0.3 is 5.97 Å². The highest BCUT2D eigenvalue weighted by Gasteiger charge is 2.31. The van der Waals surface area contributed by atoms with Crippen LogP contribution in [0.15, 0.2) is 36.4 Å². The van der Waals surface area contributed by atoms with Crippen molar-refractivity contribution in [2.24, 2.45) is 11.8 Å². The van der Waals surface area contributed by atoms with Gasteiger partial charge in [-0.25, -0.2) is 4.39 Å². The molecule has 0 aliphatic heterocycles. The van der Waals surface area contributed by atoms with E-state index in [1.54, 1.807) is 31.2 Å². The summed E-state index contributed by atoms with van der Waals surface area (Å²) in [6, 6.07) is 6.20. The number of carboxylic acid groups (broad SMARTS) is 1. The molecule has 156 valence electrons. The normalized spacial score (nSPS) is 20.2. The molecule has 0 bridgehead atoms. The number of benzene rings is 1. The zero-order chi connectivity index (χ0) is 21.3. The van der Waals surface area contributed by atoms with E-state index in [0.29, 0.717) is 19.3 Å². The van der Waals surface area contributed by atoms with Crippen molar-refractivity contribution in [2.75, 3.05) is 0 Å². The van der Waals surface area contributed by atoms with Crippen LogP contribution in [0.1, 0.15) is 63.9 Å². The Morgan fingerprint density at radius 3 is 2.62 bits per heavy atom. The highest BCUT2D eigenvalue weighted by molar-refractivity contribution is 5.94. The quantitative estimate of drug-likeness (QED) is 0.448. The van der Waals surface area contributed by atoms with Crippen LogP contribution in [0.3, 0.4) is 0 Å². The molecule has 0 saturated carbocycles. The molecule has 0 radical (unpaired) electrons. The Morgan fingerprint density at radius 1 is 1.17 bits per heavy atom. The predicted octanol–water partition coefficient (Wildman–Crippen LogP) is 4.50. The molecule has 0 aromatic heterocycles. The lowest BCUT2D eigenvalue weighted by atomic mass is 9.84. The van der Waals surface area contributed by atoms with E-state index >= 15 is 0 Å². The maximum Gasteiger partial charge on any atom is 0.303 e. The van der Waals surface area contributed by atoms with Gasteiger partial charge < -0.3 is 10.2 Å². The number of halogens is 1. The van der Waals surface area contributed by atoms with Crippen molar-refractivity contribution in [3.05, 3.63) is 47.8 Å². The highest BCUT2D eigenvalue weighted by Crippen LogP contribution is 2.32. The minimum absolute atomic E-state index is 0.0725. The molecule has 0 amide bonds. The van der Waals surface area contributed by atoms with E-state index < -0.39 is 17.4 Å². The van der Waals surface area contributed by atoms with Crippen LogP contribution in [-0.2, 0) is 9.59 Å². The van der Waals surface area contributed by atoms with E-state index in [1.165, 1.54) is 6.07 Å². The molecule has 4 nitrogen and oxygen atoms in total. The third kappa shape index (κ3) is 7.83. The number of aliphatic carboxylic acids is 1. The topological polar surface area (TPSA) is 74.6 Å². The van der Waals surface area contributed by atoms with Gasteiger partial charge in [-0.05, 0) is 56.7 Å². The number of carboxylic acids is 1. The van der Waals surface area contributed by atoms with Crippen LogP contribution in [0.5, 0.6) is 0 Å². The summed E-state index contributed by atoms with van der Waals surface area (Å²) in [6.07, 6.45) is 8.84. The Kier molecular flexibility index (Phi) is 8.60. The van der Waals surface area contributed by atoms with Crippen LogP contribution in [0.2, 0.25) is 0 Å². The number of rotatable bonds is 10. The number of carbonyl (C=O) groups excluding carboxylic acids is 1. The maximum absolute atomic E-state index is 13.7. The molecule has 1 aliphatic carbocycles. The molecule has 1 aromatic carbocycles. The summed E-state index contributed by atoms with van der Waals surface area (Å²) in [5, 5.41) is 19.2. The summed E-state index contributed by atoms with van der Waals surface area (Å²) in [5.41, 5.74) is -1.01. The van der Waals surface area contributed by atoms with E-state index in [-0.39, 0.29) is 29.6 Å². The summed E-state index contributed by atoms with van der Waals surface area (Å²) in [7, 11) is 0. The van der Waals surface area contributed by atoms with Gasteiger partial charge in [0, 0.05) is 12.3 Å². The molecule has 1 aliphatic rings. The largest absolute Gasteiger partial charge is 0.481 e. The summed E-state index contributed by atoms with van der Waals surface area (Å²) in [5.74, 6) is 4.39. The Balaban J connectivity index is 1.81. The second kappa shape index (κ2) is 10.9. The van der Waals surface area contributed by atoms with E-state index in [1.807, 2.05) is 6.08 Å². The van der Waals surface area contributed by atoms with Crippen LogP contribution in [0.4, 0.5) is 4.39 Å². The molecule has 0 heterocycles. The second-order valence-corrected chi connectivity index (χ2v) is 7.92. The van der Waals surface area contributed by atoms with Crippen LogP contribution < -0.4 is 0 Å². The number of allylic oxidation sites excluding steroid dienone is 2. The highest BCUT2D eigenvalue weighted by atomic mass is 19.1. The average Bonchev–Trinajstić information content (AvgIpc) is 3.02. The Labute approximate surface area is 171 Å². The van der Waals surface area contributed by atoms with Crippen molar-refractivity contribution in [3.8, 4) is 11.8 Å². The minimum atomic E-state index is -1.26. The van der Waals surface area contributed by atoms with Gasteiger partial charge in [-0.2, -0.15) is 0 Å². The summed E-state index contributed by atoms with van der Waals surface area (Å²) < 4.78 is 13.7. The Bertz CT molecular complexity index is 801. The summed E-state index contributed by atoms with van der Waals surface area (Å²) in [4.78, 5) is 22.7. The fraction of sp³-hybridized carbons (Fsp3) is 0.500. The molecule has 2 rings (SSSR count). The van der Waals surface area contributed by atoms with Crippen LogP contribution in [0, 0.1) is 29.5 Å². The lowest BCUT2D eigenvalue weighted by molar-refractivity contribution is -0.137. The van der Waals surface area contributed by atoms with Crippen molar-refractivity contribution in [1.82, 2.24) is 0 Å². The van der Waals surface area contributed by atoms with E-state index in [9.17, 15) is 19.1 Å². The molecule has 3 atom stereocenters. The second-order valence-electron chi connectivity index (χ2n) is 7.92. The first-order valence-electron chi connectivity index (χ1n) is 10.2. The lowest BCUT2D eigenvalue weighted by Gasteiger charge is -2.22. The number of ketones is 1.